The zero-order chi connectivity index (χ0) is 18.6. The first-order valence-electron chi connectivity index (χ1n) is 9.20. The molecule has 0 saturated carbocycles. The van der Waals surface area contributed by atoms with Crippen LogP contribution >= 0.6 is 0 Å². The van der Waals surface area contributed by atoms with Crippen LogP contribution in [0.25, 0.3) is 5.69 Å². The molecule has 0 aliphatic carbocycles. The SMILES string of the molecule is CN(Cc1cccn1-c1cccnc1)CC1CNNC1c1ccc(F)cc1. The maximum absolute atomic E-state index is 13.2. The third kappa shape index (κ3) is 4.08. The standard InChI is InChI=1S/C21H24FN5/c1-26(15-20-5-3-11-27(20)19-4-2-10-23-13-19)14-17-12-24-25-21(17)16-6-8-18(22)9-7-16/h2-11,13,17,21,24-25H,12,14-15H2,1H3. The van der Waals surface area contributed by atoms with Gasteiger partial charge in [0.05, 0.1) is 17.9 Å². The van der Waals surface area contributed by atoms with Gasteiger partial charge in [-0.1, -0.05) is 12.1 Å². The molecule has 2 atom stereocenters. The second-order valence-electron chi connectivity index (χ2n) is 7.09. The molecule has 2 aromatic heterocycles. The van der Waals surface area contributed by atoms with Gasteiger partial charge in [0.25, 0.3) is 0 Å². The van der Waals surface area contributed by atoms with Gasteiger partial charge < -0.3 is 9.47 Å². The zero-order valence-corrected chi connectivity index (χ0v) is 15.3. The fraction of sp³-hybridized carbons (Fsp3) is 0.286. The van der Waals surface area contributed by atoms with Crippen LogP contribution in [-0.4, -0.2) is 34.6 Å². The minimum atomic E-state index is -0.200. The van der Waals surface area contributed by atoms with E-state index in [1.54, 1.807) is 6.20 Å². The van der Waals surface area contributed by atoms with Gasteiger partial charge >= 0.3 is 0 Å². The summed E-state index contributed by atoms with van der Waals surface area (Å²) in [4.78, 5) is 6.55. The molecule has 1 aromatic carbocycles. The van der Waals surface area contributed by atoms with Gasteiger partial charge in [-0.15, -0.1) is 0 Å². The second kappa shape index (κ2) is 8.00. The smallest absolute Gasteiger partial charge is 0.123 e. The minimum Gasteiger partial charge on any atom is -0.318 e. The van der Waals surface area contributed by atoms with E-state index in [2.05, 4.69) is 56.7 Å². The number of hydrazine groups is 1. The number of nitrogens with zero attached hydrogens (tertiary/aromatic N) is 3. The van der Waals surface area contributed by atoms with E-state index in [1.807, 2.05) is 24.4 Å². The molecule has 0 spiro atoms. The van der Waals surface area contributed by atoms with Crippen molar-refractivity contribution in [3.8, 4) is 5.69 Å². The molecule has 27 heavy (non-hydrogen) atoms. The van der Waals surface area contributed by atoms with E-state index < -0.39 is 0 Å². The lowest BCUT2D eigenvalue weighted by Crippen LogP contribution is -2.30. The summed E-state index contributed by atoms with van der Waals surface area (Å²) in [5.74, 6) is 0.205. The molecule has 2 N–H and O–H groups in total. The lowest BCUT2D eigenvalue weighted by Gasteiger charge is -2.25. The van der Waals surface area contributed by atoms with E-state index in [4.69, 9.17) is 0 Å². The molecule has 0 bridgehead atoms. The van der Waals surface area contributed by atoms with E-state index in [0.717, 1.165) is 30.9 Å². The number of rotatable bonds is 6. The molecule has 0 radical (unpaired) electrons. The predicted molar refractivity (Wildman–Crippen MR) is 104 cm³/mol. The Morgan fingerprint density at radius 1 is 1.19 bits per heavy atom. The quantitative estimate of drug-likeness (QED) is 0.705. The van der Waals surface area contributed by atoms with Gasteiger partial charge in [-0.25, -0.2) is 9.82 Å². The molecular formula is C21H24FN5. The molecule has 1 saturated heterocycles. The van der Waals surface area contributed by atoms with Crippen molar-refractivity contribution in [1.82, 2.24) is 25.3 Å². The molecule has 1 aliphatic rings. The van der Waals surface area contributed by atoms with Crippen LogP contribution in [-0.2, 0) is 6.54 Å². The summed E-state index contributed by atoms with van der Waals surface area (Å²) >= 11 is 0. The first-order valence-corrected chi connectivity index (χ1v) is 9.20. The summed E-state index contributed by atoms with van der Waals surface area (Å²) in [6, 6.07) is 15.2. The van der Waals surface area contributed by atoms with E-state index in [9.17, 15) is 4.39 Å². The highest BCUT2D eigenvalue weighted by atomic mass is 19.1. The van der Waals surface area contributed by atoms with Crippen LogP contribution in [0.1, 0.15) is 17.3 Å². The monoisotopic (exact) mass is 365 g/mol. The molecule has 3 aromatic rings. The Morgan fingerprint density at radius 3 is 2.81 bits per heavy atom. The Labute approximate surface area is 158 Å². The largest absolute Gasteiger partial charge is 0.318 e. The summed E-state index contributed by atoms with van der Waals surface area (Å²) in [7, 11) is 2.14. The molecule has 2 unspecified atom stereocenters. The number of benzene rings is 1. The Balaban J connectivity index is 1.43. The minimum absolute atomic E-state index is 0.179. The normalized spacial score (nSPS) is 19.7. The third-order valence-electron chi connectivity index (χ3n) is 5.06. The van der Waals surface area contributed by atoms with Gasteiger partial charge in [0, 0.05) is 43.6 Å². The van der Waals surface area contributed by atoms with Crippen molar-refractivity contribution in [1.29, 1.82) is 0 Å². The summed E-state index contributed by atoms with van der Waals surface area (Å²) in [5, 5.41) is 0. The Hall–Kier alpha value is -2.54. The van der Waals surface area contributed by atoms with Gasteiger partial charge in [-0.05, 0) is 49.0 Å². The fourth-order valence-electron chi connectivity index (χ4n) is 3.77. The van der Waals surface area contributed by atoms with Crippen molar-refractivity contribution < 1.29 is 4.39 Å². The molecule has 4 rings (SSSR count). The van der Waals surface area contributed by atoms with Crippen molar-refractivity contribution in [2.75, 3.05) is 20.1 Å². The highest BCUT2D eigenvalue weighted by Gasteiger charge is 2.29. The van der Waals surface area contributed by atoms with Crippen molar-refractivity contribution >= 4 is 0 Å². The summed E-state index contributed by atoms with van der Waals surface area (Å²) in [6.45, 7) is 2.66. The van der Waals surface area contributed by atoms with Gasteiger partial charge in [-0.2, -0.15) is 0 Å². The Kier molecular flexibility index (Phi) is 5.29. The third-order valence-corrected chi connectivity index (χ3v) is 5.06. The van der Waals surface area contributed by atoms with Gasteiger partial charge in [-0.3, -0.25) is 10.4 Å². The highest BCUT2D eigenvalue weighted by Crippen LogP contribution is 2.26. The number of halogens is 1. The lowest BCUT2D eigenvalue weighted by molar-refractivity contribution is 0.259. The first-order chi connectivity index (χ1) is 13.2. The average Bonchev–Trinajstić information content (AvgIpc) is 3.33. The van der Waals surface area contributed by atoms with E-state index in [0.29, 0.717) is 5.92 Å². The molecular weight excluding hydrogens is 341 g/mol. The maximum Gasteiger partial charge on any atom is 0.123 e. The molecule has 3 heterocycles. The number of pyridine rings is 1. The maximum atomic E-state index is 13.2. The van der Waals surface area contributed by atoms with Crippen LogP contribution in [0.2, 0.25) is 0 Å². The number of hydrogen-bond acceptors (Lipinski definition) is 4. The number of aromatic nitrogens is 2. The van der Waals surface area contributed by atoms with E-state index >= 15 is 0 Å². The topological polar surface area (TPSA) is 45.1 Å². The van der Waals surface area contributed by atoms with E-state index in [-0.39, 0.29) is 11.9 Å². The number of nitrogens with one attached hydrogen (secondary N) is 2. The fourth-order valence-corrected chi connectivity index (χ4v) is 3.77. The van der Waals surface area contributed by atoms with Crippen LogP contribution < -0.4 is 10.9 Å². The first kappa shape index (κ1) is 17.9. The summed E-state index contributed by atoms with van der Waals surface area (Å²) in [6.07, 6.45) is 5.73. The van der Waals surface area contributed by atoms with Crippen LogP contribution in [0, 0.1) is 11.7 Å². The van der Waals surface area contributed by atoms with Gasteiger partial charge in [0.1, 0.15) is 5.82 Å². The average molecular weight is 365 g/mol. The molecule has 6 heteroatoms. The van der Waals surface area contributed by atoms with Crippen molar-refractivity contribution in [3.63, 3.8) is 0 Å². The van der Waals surface area contributed by atoms with Crippen LogP contribution in [0.5, 0.6) is 0 Å². The molecule has 1 fully saturated rings. The molecule has 0 amide bonds. The molecule has 140 valence electrons. The van der Waals surface area contributed by atoms with Gasteiger partial charge in [0.2, 0.25) is 0 Å². The van der Waals surface area contributed by atoms with Crippen LogP contribution in [0.15, 0.2) is 67.1 Å². The molecule has 5 nitrogen and oxygen atoms in total. The Morgan fingerprint density at radius 2 is 2.04 bits per heavy atom. The van der Waals surface area contributed by atoms with Gasteiger partial charge in [0.15, 0.2) is 0 Å². The highest BCUT2D eigenvalue weighted by molar-refractivity contribution is 5.32. The summed E-state index contributed by atoms with van der Waals surface area (Å²) in [5.41, 5.74) is 9.99. The lowest BCUT2D eigenvalue weighted by atomic mass is 9.94. The van der Waals surface area contributed by atoms with Crippen molar-refractivity contribution in [2.24, 2.45) is 5.92 Å². The number of hydrogen-bond donors (Lipinski definition) is 2. The zero-order valence-electron chi connectivity index (χ0n) is 15.3. The predicted octanol–water partition coefficient (Wildman–Crippen LogP) is 2.91. The summed E-state index contributed by atoms with van der Waals surface area (Å²) < 4.78 is 15.4. The van der Waals surface area contributed by atoms with Crippen molar-refractivity contribution in [3.05, 3.63) is 84.2 Å². The van der Waals surface area contributed by atoms with Crippen LogP contribution in [0.3, 0.4) is 0 Å². The van der Waals surface area contributed by atoms with Crippen LogP contribution in [0.4, 0.5) is 4.39 Å². The second-order valence-corrected chi connectivity index (χ2v) is 7.09. The Bertz CT molecular complexity index is 862. The van der Waals surface area contributed by atoms with E-state index in [1.165, 1.54) is 17.8 Å². The molecule has 1 aliphatic heterocycles. The van der Waals surface area contributed by atoms with Crippen molar-refractivity contribution in [2.45, 2.75) is 12.6 Å².